The van der Waals surface area contributed by atoms with Crippen molar-refractivity contribution >= 4 is 11.7 Å². The van der Waals surface area contributed by atoms with Gasteiger partial charge in [-0.05, 0) is 26.2 Å². The van der Waals surface area contributed by atoms with Gasteiger partial charge < -0.3 is 5.32 Å². The first-order chi connectivity index (χ1) is 9.13. The molecule has 0 fully saturated rings. The molecule has 1 aliphatic rings. The fraction of sp³-hybridized carbons (Fsp3) is 0.375. The molecule has 0 atom stereocenters. The Hall–Kier alpha value is -1.90. The average molecular weight is 257 g/mol. The number of amidine groups is 2. The SMILES string of the molecule is C=CC(/C(=N/C(=N)C1=CCCC=C1)NC)=C(/C)CC. The summed E-state index contributed by atoms with van der Waals surface area (Å²) >= 11 is 0. The molecule has 0 aliphatic heterocycles. The average Bonchev–Trinajstić information content (AvgIpc) is 2.47. The van der Waals surface area contributed by atoms with Crippen LogP contribution < -0.4 is 5.32 Å². The number of nitrogens with one attached hydrogen (secondary N) is 2. The van der Waals surface area contributed by atoms with Gasteiger partial charge in [0.05, 0.1) is 0 Å². The van der Waals surface area contributed by atoms with Crippen LogP contribution in [0, 0.1) is 5.41 Å². The molecule has 0 heterocycles. The fourth-order valence-electron chi connectivity index (χ4n) is 1.88. The van der Waals surface area contributed by atoms with Gasteiger partial charge in [0.25, 0.3) is 0 Å². The van der Waals surface area contributed by atoms with Crippen molar-refractivity contribution in [1.82, 2.24) is 5.32 Å². The Labute approximate surface area is 116 Å². The van der Waals surface area contributed by atoms with E-state index >= 15 is 0 Å². The molecule has 0 spiro atoms. The van der Waals surface area contributed by atoms with E-state index in [1.807, 2.05) is 13.1 Å². The smallest absolute Gasteiger partial charge is 0.153 e. The maximum Gasteiger partial charge on any atom is 0.153 e. The van der Waals surface area contributed by atoms with Gasteiger partial charge in [-0.15, -0.1) is 0 Å². The van der Waals surface area contributed by atoms with Crippen LogP contribution in [-0.4, -0.2) is 18.7 Å². The van der Waals surface area contributed by atoms with Gasteiger partial charge in [0, 0.05) is 18.2 Å². The molecule has 2 N–H and O–H groups in total. The van der Waals surface area contributed by atoms with Crippen molar-refractivity contribution in [2.45, 2.75) is 33.1 Å². The zero-order chi connectivity index (χ0) is 14.3. The Bertz CT molecular complexity index is 476. The summed E-state index contributed by atoms with van der Waals surface area (Å²) in [5, 5.41) is 11.1. The molecule has 1 aliphatic carbocycles. The van der Waals surface area contributed by atoms with Gasteiger partial charge in [-0.2, -0.15) is 0 Å². The summed E-state index contributed by atoms with van der Waals surface area (Å²) in [4.78, 5) is 4.40. The van der Waals surface area contributed by atoms with Crippen LogP contribution >= 0.6 is 0 Å². The van der Waals surface area contributed by atoms with E-state index in [0.717, 1.165) is 30.4 Å². The minimum absolute atomic E-state index is 0.295. The van der Waals surface area contributed by atoms with Gasteiger partial charge in [0.15, 0.2) is 5.84 Å². The molecule has 0 saturated carbocycles. The summed E-state index contributed by atoms with van der Waals surface area (Å²) in [6.07, 6.45) is 10.9. The molecule has 0 aromatic carbocycles. The predicted molar refractivity (Wildman–Crippen MR) is 83.9 cm³/mol. The first-order valence-electron chi connectivity index (χ1n) is 6.68. The monoisotopic (exact) mass is 257 g/mol. The molecular formula is C16H23N3. The molecule has 1 rings (SSSR count). The zero-order valence-corrected chi connectivity index (χ0v) is 12.1. The summed E-state index contributed by atoms with van der Waals surface area (Å²) in [6.45, 7) is 8.00. The fourth-order valence-corrected chi connectivity index (χ4v) is 1.88. The highest BCUT2D eigenvalue weighted by molar-refractivity contribution is 6.12. The first-order valence-corrected chi connectivity index (χ1v) is 6.68. The van der Waals surface area contributed by atoms with Crippen LogP contribution in [-0.2, 0) is 0 Å². The van der Waals surface area contributed by atoms with Crippen molar-refractivity contribution in [3.63, 3.8) is 0 Å². The molecule has 0 aromatic heterocycles. The van der Waals surface area contributed by atoms with E-state index in [-0.39, 0.29) is 0 Å². The lowest BCUT2D eigenvalue weighted by atomic mass is 10.1. The third-order valence-electron chi connectivity index (χ3n) is 3.18. The Morgan fingerprint density at radius 3 is 2.74 bits per heavy atom. The summed E-state index contributed by atoms with van der Waals surface area (Å²) < 4.78 is 0. The highest BCUT2D eigenvalue weighted by Gasteiger charge is 2.09. The van der Waals surface area contributed by atoms with E-state index in [1.165, 1.54) is 5.57 Å². The molecule has 0 unspecified atom stereocenters. The minimum Gasteiger partial charge on any atom is -0.373 e. The summed E-state index contributed by atoms with van der Waals surface area (Å²) in [5.74, 6) is 1.00. The summed E-state index contributed by atoms with van der Waals surface area (Å²) in [5.41, 5.74) is 3.08. The Morgan fingerprint density at radius 2 is 2.26 bits per heavy atom. The van der Waals surface area contributed by atoms with Gasteiger partial charge in [0.2, 0.25) is 0 Å². The quantitative estimate of drug-likeness (QED) is 0.449. The lowest BCUT2D eigenvalue weighted by Gasteiger charge is -2.12. The predicted octanol–water partition coefficient (Wildman–Crippen LogP) is 3.77. The summed E-state index contributed by atoms with van der Waals surface area (Å²) in [6, 6.07) is 0. The third-order valence-corrected chi connectivity index (χ3v) is 3.18. The van der Waals surface area contributed by atoms with Gasteiger partial charge in [-0.1, -0.05) is 43.4 Å². The van der Waals surface area contributed by atoms with Crippen LogP contribution in [0.5, 0.6) is 0 Å². The number of aliphatic imine (C=N–C) groups is 1. The van der Waals surface area contributed by atoms with E-state index < -0.39 is 0 Å². The van der Waals surface area contributed by atoms with Crippen LogP contribution in [0.3, 0.4) is 0 Å². The molecule has 0 radical (unpaired) electrons. The van der Waals surface area contributed by atoms with Crippen molar-refractivity contribution in [2.75, 3.05) is 7.05 Å². The largest absolute Gasteiger partial charge is 0.373 e. The van der Waals surface area contributed by atoms with E-state index in [2.05, 4.69) is 42.9 Å². The molecule has 0 amide bonds. The lowest BCUT2D eigenvalue weighted by Crippen LogP contribution is -2.22. The number of nitrogens with zero attached hydrogens (tertiary/aromatic N) is 1. The van der Waals surface area contributed by atoms with Gasteiger partial charge in [-0.25, -0.2) is 4.99 Å². The van der Waals surface area contributed by atoms with E-state index in [9.17, 15) is 0 Å². The second-order valence-electron chi connectivity index (χ2n) is 4.45. The molecular weight excluding hydrogens is 234 g/mol. The molecule has 0 bridgehead atoms. The highest BCUT2D eigenvalue weighted by atomic mass is 15.0. The van der Waals surface area contributed by atoms with Gasteiger partial charge in [0.1, 0.15) is 5.84 Å². The van der Waals surface area contributed by atoms with E-state index in [1.54, 1.807) is 6.08 Å². The van der Waals surface area contributed by atoms with Crippen LogP contribution in [0.4, 0.5) is 0 Å². The second-order valence-corrected chi connectivity index (χ2v) is 4.45. The summed E-state index contributed by atoms with van der Waals surface area (Å²) in [7, 11) is 1.82. The Balaban J connectivity index is 3.05. The number of hydrogen-bond donors (Lipinski definition) is 2. The van der Waals surface area contributed by atoms with Crippen LogP contribution in [0.1, 0.15) is 33.1 Å². The van der Waals surface area contributed by atoms with Gasteiger partial charge >= 0.3 is 0 Å². The number of likely N-dealkylation sites (N-methyl/N-ethyl adjacent to an activating group) is 1. The topological polar surface area (TPSA) is 48.2 Å². The molecule has 0 saturated heterocycles. The van der Waals surface area contributed by atoms with Crippen LogP contribution in [0.15, 0.2) is 52.6 Å². The minimum atomic E-state index is 0.295. The van der Waals surface area contributed by atoms with Crippen molar-refractivity contribution in [3.05, 3.63) is 47.6 Å². The van der Waals surface area contributed by atoms with Crippen molar-refractivity contribution in [3.8, 4) is 0 Å². The second kappa shape index (κ2) is 7.52. The van der Waals surface area contributed by atoms with E-state index in [0.29, 0.717) is 11.7 Å². The normalized spacial score (nSPS) is 16.6. The lowest BCUT2D eigenvalue weighted by molar-refractivity contribution is 1.03. The standard InChI is InChI=1S/C16H23N3/c1-5-12(3)14(6-2)16(18-4)19-15(17)13-10-8-7-9-11-13/h6,8,10-11H,2,5,7,9H2,1,3-4H3,(H2,17,18,19)/b14-12+. The van der Waals surface area contributed by atoms with E-state index in [4.69, 9.17) is 5.41 Å². The van der Waals surface area contributed by atoms with Gasteiger partial charge in [-0.3, -0.25) is 5.41 Å². The van der Waals surface area contributed by atoms with Crippen LogP contribution in [0.2, 0.25) is 0 Å². The number of hydrogen-bond acceptors (Lipinski definition) is 1. The Kier molecular flexibility index (Phi) is 6.00. The first kappa shape index (κ1) is 15.2. The number of allylic oxidation sites excluding steroid dienone is 3. The maximum absolute atomic E-state index is 8.08. The molecule has 3 nitrogen and oxygen atoms in total. The maximum atomic E-state index is 8.08. The van der Waals surface area contributed by atoms with Crippen LogP contribution in [0.25, 0.3) is 0 Å². The highest BCUT2D eigenvalue weighted by Crippen LogP contribution is 2.14. The molecule has 19 heavy (non-hydrogen) atoms. The zero-order valence-electron chi connectivity index (χ0n) is 12.1. The van der Waals surface area contributed by atoms with Crippen molar-refractivity contribution in [1.29, 1.82) is 5.41 Å². The Morgan fingerprint density at radius 1 is 1.53 bits per heavy atom. The molecule has 3 heteroatoms. The third kappa shape index (κ3) is 4.05. The molecule has 102 valence electrons. The molecule has 0 aromatic rings. The van der Waals surface area contributed by atoms with Crippen molar-refractivity contribution < 1.29 is 0 Å². The van der Waals surface area contributed by atoms with Crippen molar-refractivity contribution in [2.24, 2.45) is 4.99 Å². The number of rotatable bonds is 4.